The molecule has 8 heteroatoms. The Morgan fingerprint density at radius 2 is 2.11 bits per heavy atom. The Labute approximate surface area is 114 Å². The van der Waals surface area contributed by atoms with Crippen molar-refractivity contribution < 1.29 is 27.4 Å². The molecule has 0 heterocycles. The fraction of sp³-hybridized carbons (Fsp3) is 0.273. The van der Waals surface area contributed by atoms with Gasteiger partial charge in [0.2, 0.25) is 0 Å². The molecule has 1 aromatic carbocycles. The second-order valence-corrected chi connectivity index (χ2v) is 3.85. The van der Waals surface area contributed by atoms with Crippen LogP contribution in [0.1, 0.15) is 21.5 Å². The maximum atomic E-state index is 12.2. The molecule has 1 rings (SSSR count). The number of methoxy groups -OCH3 is 1. The summed E-state index contributed by atoms with van der Waals surface area (Å²) in [6.45, 7) is 0. The van der Waals surface area contributed by atoms with Crippen LogP contribution in [-0.2, 0) is 10.1 Å². The number of alkyl halides is 4. The number of hydrogen-bond acceptors (Lipinski definition) is 4. The second-order valence-electron chi connectivity index (χ2n) is 3.29. The zero-order valence-electron chi connectivity index (χ0n) is 9.55. The highest BCUT2D eigenvalue weighted by Crippen LogP contribution is 2.30. The van der Waals surface area contributed by atoms with Crippen LogP contribution in [0.2, 0.25) is 0 Å². The van der Waals surface area contributed by atoms with Crippen LogP contribution in [-0.4, -0.2) is 19.4 Å². The molecule has 0 aliphatic carbocycles. The molecule has 102 valence electrons. The smallest absolute Gasteiger partial charge is 0.465 e. The number of carbonyl (C=O) groups is 1. The van der Waals surface area contributed by atoms with Crippen molar-refractivity contribution in [1.82, 2.24) is 0 Å². The van der Waals surface area contributed by atoms with Gasteiger partial charge in [0, 0.05) is 5.33 Å². The number of hydrogen-bond donors (Lipinski definition) is 0. The van der Waals surface area contributed by atoms with Crippen LogP contribution in [0.5, 0.6) is 5.75 Å². The van der Waals surface area contributed by atoms with Crippen LogP contribution in [0.4, 0.5) is 13.2 Å². The average Bonchev–Trinajstić information content (AvgIpc) is 2.35. The monoisotopic (exact) mass is 337 g/mol. The Morgan fingerprint density at radius 1 is 1.47 bits per heavy atom. The first-order valence-electron chi connectivity index (χ1n) is 4.79. The Bertz CT molecular complexity index is 537. The van der Waals surface area contributed by atoms with Gasteiger partial charge in [-0.3, -0.25) is 0 Å². The first-order chi connectivity index (χ1) is 8.82. The van der Waals surface area contributed by atoms with Crippen LogP contribution in [0.25, 0.3) is 0 Å². The zero-order valence-corrected chi connectivity index (χ0v) is 11.1. The number of ether oxygens (including phenoxy) is 2. The van der Waals surface area contributed by atoms with Crippen molar-refractivity contribution in [3.8, 4) is 11.8 Å². The Kier molecular flexibility index (Phi) is 4.78. The van der Waals surface area contributed by atoms with Crippen LogP contribution in [0.3, 0.4) is 0 Å². The molecule has 0 aliphatic rings. The summed E-state index contributed by atoms with van der Waals surface area (Å²) in [7, 11) is 1.10. The average molecular weight is 338 g/mol. The molecule has 0 aromatic heterocycles. The molecule has 0 saturated carbocycles. The van der Waals surface area contributed by atoms with E-state index in [2.05, 4.69) is 25.4 Å². The predicted molar refractivity (Wildman–Crippen MR) is 61.8 cm³/mol. The van der Waals surface area contributed by atoms with E-state index >= 15 is 0 Å². The minimum atomic E-state index is -4.95. The van der Waals surface area contributed by atoms with Crippen molar-refractivity contribution in [2.24, 2.45) is 0 Å². The molecule has 1 aromatic rings. The third-order valence-corrected chi connectivity index (χ3v) is 2.70. The number of benzene rings is 1. The molecule has 0 fully saturated rings. The van der Waals surface area contributed by atoms with Crippen LogP contribution < -0.4 is 4.74 Å². The zero-order chi connectivity index (χ0) is 14.6. The maximum absolute atomic E-state index is 12.2. The number of nitriles is 1. The summed E-state index contributed by atoms with van der Waals surface area (Å²) in [5.74, 6) is -1.55. The molecule has 0 atom stereocenters. The van der Waals surface area contributed by atoms with Crippen molar-refractivity contribution in [3.05, 3.63) is 28.8 Å². The van der Waals surface area contributed by atoms with E-state index in [4.69, 9.17) is 5.26 Å². The van der Waals surface area contributed by atoms with Gasteiger partial charge in [-0.1, -0.05) is 15.9 Å². The Morgan fingerprint density at radius 3 is 2.53 bits per heavy atom. The van der Waals surface area contributed by atoms with E-state index in [1.807, 2.05) is 0 Å². The van der Waals surface area contributed by atoms with E-state index in [-0.39, 0.29) is 16.5 Å². The van der Waals surface area contributed by atoms with Gasteiger partial charge in [-0.2, -0.15) is 5.26 Å². The molecular formula is C11H7BrF3NO3. The van der Waals surface area contributed by atoms with Crippen LogP contribution in [0, 0.1) is 11.3 Å². The van der Waals surface area contributed by atoms with Crippen LogP contribution >= 0.6 is 15.9 Å². The maximum Gasteiger partial charge on any atom is 0.573 e. The number of halogens is 4. The van der Waals surface area contributed by atoms with Crippen molar-refractivity contribution in [2.75, 3.05) is 7.11 Å². The lowest BCUT2D eigenvalue weighted by Crippen LogP contribution is -2.18. The van der Waals surface area contributed by atoms with E-state index in [1.165, 1.54) is 0 Å². The van der Waals surface area contributed by atoms with Gasteiger partial charge in [-0.25, -0.2) is 4.79 Å². The van der Waals surface area contributed by atoms with Crippen molar-refractivity contribution in [2.45, 2.75) is 11.7 Å². The second kappa shape index (κ2) is 5.93. The molecule has 0 bridgehead atoms. The topological polar surface area (TPSA) is 59.3 Å². The van der Waals surface area contributed by atoms with Crippen molar-refractivity contribution in [3.63, 3.8) is 0 Å². The SMILES string of the molecule is COC(=O)c1cc(OC(F)(F)F)c(C#N)cc1CBr. The highest BCUT2D eigenvalue weighted by molar-refractivity contribution is 9.08. The molecule has 19 heavy (non-hydrogen) atoms. The molecule has 4 nitrogen and oxygen atoms in total. The molecule has 0 spiro atoms. The summed E-state index contributed by atoms with van der Waals surface area (Å²) in [6.07, 6.45) is -4.95. The first-order valence-corrected chi connectivity index (χ1v) is 5.91. The fourth-order valence-electron chi connectivity index (χ4n) is 1.33. The lowest BCUT2D eigenvalue weighted by Gasteiger charge is -2.13. The number of esters is 1. The predicted octanol–water partition coefficient (Wildman–Crippen LogP) is 3.14. The Balaban J connectivity index is 3.38. The standard InChI is InChI=1S/C11H7BrF3NO3/c1-18-10(17)8-3-9(19-11(13,14)15)7(5-16)2-6(8)4-12/h2-3H,4H2,1H3. The molecular weight excluding hydrogens is 331 g/mol. The molecule has 0 amide bonds. The van der Waals surface area contributed by atoms with Gasteiger partial charge in [0.05, 0.1) is 18.2 Å². The normalized spacial score (nSPS) is 10.7. The first kappa shape index (κ1) is 15.3. The summed E-state index contributed by atoms with van der Waals surface area (Å²) in [5.41, 5.74) is -0.0880. The molecule has 0 saturated heterocycles. The Hall–Kier alpha value is -1.75. The molecule has 0 radical (unpaired) electrons. The third kappa shape index (κ3) is 3.86. The number of nitrogens with zero attached hydrogens (tertiary/aromatic N) is 1. The summed E-state index contributed by atoms with van der Waals surface area (Å²) < 4.78 is 44.8. The summed E-state index contributed by atoms with van der Waals surface area (Å²) in [4.78, 5) is 11.4. The van der Waals surface area contributed by atoms with E-state index in [0.29, 0.717) is 5.56 Å². The lowest BCUT2D eigenvalue weighted by molar-refractivity contribution is -0.274. The van der Waals surface area contributed by atoms with Gasteiger partial charge >= 0.3 is 12.3 Å². The van der Waals surface area contributed by atoms with Gasteiger partial charge < -0.3 is 9.47 Å². The van der Waals surface area contributed by atoms with Gasteiger partial charge in [0.1, 0.15) is 11.8 Å². The highest BCUT2D eigenvalue weighted by atomic mass is 79.9. The summed E-state index contributed by atoms with van der Waals surface area (Å²) in [6, 6.07) is 3.56. The van der Waals surface area contributed by atoms with Crippen molar-refractivity contribution in [1.29, 1.82) is 5.26 Å². The highest BCUT2D eigenvalue weighted by Gasteiger charge is 2.33. The van der Waals surface area contributed by atoms with E-state index in [9.17, 15) is 18.0 Å². The summed E-state index contributed by atoms with van der Waals surface area (Å²) >= 11 is 3.07. The largest absolute Gasteiger partial charge is 0.573 e. The van der Waals surface area contributed by atoms with E-state index < -0.39 is 18.1 Å². The van der Waals surface area contributed by atoms with Gasteiger partial charge in [-0.05, 0) is 17.7 Å². The minimum Gasteiger partial charge on any atom is -0.465 e. The quantitative estimate of drug-likeness (QED) is 0.628. The van der Waals surface area contributed by atoms with E-state index in [1.54, 1.807) is 6.07 Å². The molecule has 0 aliphatic heterocycles. The van der Waals surface area contributed by atoms with Crippen LogP contribution in [0.15, 0.2) is 12.1 Å². The van der Waals surface area contributed by atoms with E-state index in [0.717, 1.165) is 19.2 Å². The molecule has 0 N–H and O–H groups in total. The molecule has 0 unspecified atom stereocenters. The van der Waals surface area contributed by atoms with Gasteiger partial charge in [0.25, 0.3) is 0 Å². The third-order valence-electron chi connectivity index (χ3n) is 2.10. The number of rotatable bonds is 3. The number of carbonyl (C=O) groups excluding carboxylic acids is 1. The summed E-state index contributed by atoms with van der Waals surface area (Å²) in [5, 5.41) is 8.97. The van der Waals surface area contributed by atoms with Gasteiger partial charge in [0.15, 0.2) is 0 Å². The fourth-order valence-corrected chi connectivity index (χ4v) is 1.80. The van der Waals surface area contributed by atoms with Crippen molar-refractivity contribution >= 4 is 21.9 Å². The minimum absolute atomic E-state index is 0.0994. The van der Waals surface area contributed by atoms with Gasteiger partial charge in [-0.15, -0.1) is 13.2 Å². The lowest BCUT2D eigenvalue weighted by atomic mass is 10.0.